The molecule has 28 heavy (non-hydrogen) atoms. The Morgan fingerprint density at radius 3 is 2.57 bits per heavy atom. The van der Waals surface area contributed by atoms with Gasteiger partial charge < -0.3 is 10.6 Å². The molecule has 0 saturated carbocycles. The lowest BCUT2D eigenvalue weighted by molar-refractivity contribution is -0.136. The number of carbonyl (C=O) groups excluding carboxylic acids is 4. The predicted molar refractivity (Wildman–Crippen MR) is 102 cm³/mol. The van der Waals surface area contributed by atoms with Gasteiger partial charge in [0.15, 0.2) is 0 Å². The lowest BCUT2D eigenvalue weighted by atomic mass is 10.0. The van der Waals surface area contributed by atoms with Crippen molar-refractivity contribution >= 4 is 23.6 Å². The van der Waals surface area contributed by atoms with Crippen LogP contribution in [-0.4, -0.2) is 58.6 Å². The SMILES string of the molecule is CN(CCC(C)(C)N)Cc1cccc2c1C(=O)N(C1CCC(=O)NC1=O)C2=O. The van der Waals surface area contributed by atoms with E-state index in [0.717, 1.165) is 23.4 Å². The Morgan fingerprint density at radius 2 is 1.93 bits per heavy atom. The highest BCUT2D eigenvalue weighted by Crippen LogP contribution is 2.30. The van der Waals surface area contributed by atoms with Crippen molar-refractivity contribution in [1.82, 2.24) is 15.1 Å². The molecule has 1 aromatic rings. The number of piperidine rings is 1. The average molecular weight is 386 g/mol. The van der Waals surface area contributed by atoms with Gasteiger partial charge >= 0.3 is 0 Å². The quantitative estimate of drug-likeness (QED) is 0.694. The third-order valence-electron chi connectivity index (χ3n) is 5.13. The van der Waals surface area contributed by atoms with Crippen LogP contribution in [0.4, 0.5) is 0 Å². The van der Waals surface area contributed by atoms with E-state index in [9.17, 15) is 19.2 Å². The number of hydrogen-bond donors (Lipinski definition) is 2. The molecule has 2 aliphatic heterocycles. The van der Waals surface area contributed by atoms with Crippen LogP contribution in [0.1, 0.15) is 59.4 Å². The Bertz CT molecular complexity index is 843. The standard InChI is InChI=1S/C20H26N4O4/c1-20(2,21)9-10-23(3)11-12-5-4-6-13-16(12)19(28)24(18(13)27)14-7-8-15(25)22-17(14)26/h4-6,14H,7-11,21H2,1-3H3,(H,22,25,26). The van der Waals surface area contributed by atoms with Crippen molar-refractivity contribution < 1.29 is 19.2 Å². The summed E-state index contributed by atoms with van der Waals surface area (Å²) < 4.78 is 0. The summed E-state index contributed by atoms with van der Waals surface area (Å²) in [4.78, 5) is 52.5. The van der Waals surface area contributed by atoms with E-state index >= 15 is 0 Å². The molecule has 1 unspecified atom stereocenters. The van der Waals surface area contributed by atoms with Gasteiger partial charge in [-0.15, -0.1) is 0 Å². The lowest BCUT2D eigenvalue weighted by Crippen LogP contribution is -2.54. The van der Waals surface area contributed by atoms with Gasteiger partial charge in [0.1, 0.15) is 6.04 Å². The van der Waals surface area contributed by atoms with Crippen LogP contribution in [0.25, 0.3) is 0 Å². The first kappa shape index (κ1) is 20.2. The first-order chi connectivity index (χ1) is 13.1. The van der Waals surface area contributed by atoms with Gasteiger partial charge in [0.25, 0.3) is 11.8 Å². The molecule has 8 nitrogen and oxygen atoms in total. The van der Waals surface area contributed by atoms with Crippen LogP contribution in [-0.2, 0) is 16.1 Å². The van der Waals surface area contributed by atoms with Crippen LogP contribution in [0.5, 0.6) is 0 Å². The monoisotopic (exact) mass is 386 g/mol. The van der Waals surface area contributed by atoms with Gasteiger partial charge in [0, 0.05) is 18.5 Å². The van der Waals surface area contributed by atoms with Gasteiger partial charge in [-0.2, -0.15) is 0 Å². The van der Waals surface area contributed by atoms with E-state index in [2.05, 4.69) is 10.2 Å². The van der Waals surface area contributed by atoms with Crippen molar-refractivity contribution in [3.05, 3.63) is 34.9 Å². The number of nitrogens with two attached hydrogens (primary N) is 1. The van der Waals surface area contributed by atoms with Crippen LogP contribution in [0.3, 0.4) is 0 Å². The minimum atomic E-state index is -0.950. The summed E-state index contributed by atoms with van der Waals surface area (Å²) in [6.07, 6.45) is 1.04. The number of imide groups is 2. The maximum absolute atomic E-state index is 13.1. The van der Waals surface area contributed by atoms with Gasteiger partial charge in [-0.3, -0.25) is 29.4 Å². The van der Waals surface area contributed by atoms with Crippen LogP contribution < -0.4 is 11.1 Å². The minimum Gasteiger partial charge on any atom is -0.326 e. The van der Waals surface area contributed by atoms with Crippen LogP contribution >= 0.6 is 0 Å². The van der Waals surface area contributed by atoms with Crippen molar-refractivity contribution in [1.29, 1.82) is 0 Å². The summed E-state index contributed by atoms with van der Waals surface area (Å²) >= 11 is 0. The normalized spacial score (nSPS) is 20.0. The fraction of sp³-hybridized carbons (Fsp3) is 0.500. The maximum atomic E-state index is 13.1. The molecular formula is C20H26N4O4. The van der Waals surface area contributed by atoms with Gasteiger partial charge in [0.2, 0.25) is 11.8 Å². The predicted octanol–water partition coefficient (Wildman–Crippen LogP) is 0.647. The van der Waals surface area contributed by atoms with Crippen LogP contribution in [0, 0.1) is 0 Å². The van der Waals surface area contributed by atoms with E-state index in [-0.39, 0.29) is 24.3 Å². The first-order valence-corrected chi connectivity index (χ1v) is 9.39. The minimum absolute atomic E-state index is 0.105. The molecule has 2 aliphatic rings. The van der Waals surface area contributed by atoms with E-state index in [1.165, 1.54) is 0 Å². The largest absolute Gasteiger partial charge is 0.326 e. The molecule has 0 aromatic heterocycles. The smallest absolute Gasteiger partial charge is 0.262 e. The summed E-state index contributed by atoms with van der Waals surface area (Å²) in [7, 11) is 1.93. The number of fused-ring (bicyclic) bond motifs is 1. The Morgan fingerprint density at radius 1 is 1.21 bits per heavy atom. The Kier molecular flexibility index (Phi) is 5.36. The van der Waals surface area contributed by atoms with Crippen molar-refractivity contribution in [3.8, 4) is 0 Å². The Balaban J connectivity index is 1.82. The third kappa shape index (κ3) is 3.98. The molecule has 1 aromatic carbocycles. The molecule has 0 bridgehead atoms. The molecule has 3 rings (SSSR count). The number of carbonyl (C=O) groups is 4. The summed E-state index contributed by atoms with van der Waals surface area (Å²) in [6.45, 7) is 5.15. The summed E-state index contributed by atoms with van der Waals surface area (Å²) in [5, 5.41) is 2.21. The summed E-state index contributed by atoms with van der Waals surface area (Å²) in [5.41, 5.74) is 7.13. The van der Waals surface area contributed by atoms with Crippen LogP contribution in [0.2, 0.25) is 0 Å². The Hall–Kier alpha value is -2.58. The van der Waals surface area contributed by atoms with Gasteiger partial charge in [0.05, 0.1) is 11.1 Å². The number of hydrogen-bond acceptors (Lipinski definition) is 6. The molecule has 150 valence electrons. The highest BCUT2D eigenvalue weighted by molar-refractivity contribution is 6.24. The first-order valence-electron chi connectivity index (χ1n) is 9.39. The van der Waals surface area contributed by atoms with Crippen molar-refractivity contribution in [2.24, 2.45) is 5.73 Å². The lowest BCUT2D eigenvalue weighted by Gasteiger charge is -2.28. The van der Waals surface area contributed by atoms with E-state index in [1.807, 2.05) is 27.0 Å². The average Bonchev–Trinajstić information content (AvgIpc) is 2.85. The number of rotatable bonds is 6. The van der Waals surface area contributed by atoms with E-state index in [1.54, 1.807) is 12.1 Å². The van der Waals surface area contributed by atoms with Gasteiger partial charge in [-0.05, 0) is 51.9 Å². The van der Waals surface area contributed by atoms with Crippen LogP contribution in [0.15, 0.2) is 18.2 Å². The fourth-order valence-corrected chi connectivity index (χ4v) is 3.57. The van der Waals surface area contributed by atoms with Crippen molar-refractivity contribution in [2.75, 3.05) is 13.6 Å². The molecule has 2 heterocycles. The zero-order chi connectivity index (χ0) is 20.6. The van der Waals surface area contributed by atoms with E-state index in [4.69, 9.17) is 5.73 Å². The molecule has 1 atom stereocenters. The zero-order valence-corrected chi connectivity index (χ0v) is 16.4. The number of benzene rings is 1. The summed E-state index contributed by atoms with van der Waals surface area (Å²) in [6, 6.07) is 4.22. The van der Waals surface area contributed by atoms with E-state index < -0.39 is 23.8 Å². The highest BCUT2D eigenvalue weighted by atomic mass is 16.2. The molecule has 0 spiro atoms. The third-order valence-corrected chi connectivity index (χ3v) is 5.13. The maximum Gasteiger partial charge on any atom is 0.262 e. The van der Waals surface area contributed by atoms with Crippen molar-refractivity contribution in [3.63, 3.8) is 0 Å². The second-order valence-corrected chi connectivity index (χ2v) is 8.26. The van der Waals surface area contributed by atoms with Crippen molar-refractivity contribution in [2.45, 2.75) is 51.2 Å². The topological polar surface area (TPSA) is 113 Å². The molecular weight excluding hydrogens is 360 g/mol. The second kappa shape index (κ2) is 7.44. The zero-order valence-electron chi connectivity index (χ0n) is 16.4. The molecule has 8 heteroatoms. The van der Waals surface area contributed by atoms with E-state index in [0.29, 0.717) is 17.7 Å². The highest BCUT2D eigenvalue weighted by Gasteiger charge is 2.45. The van der Waals surface area contributed by atoms with Gasteiger partial charge in [-0.25, -0.2) is 0 Å². The summed E-state index contributed by atoms with van der Waals surface area (Å²) in [5.74, 6) is -1.95. The number of nitrogens with one attached hydrogen (secondary N) is 1. The number of nitrogens with zero attached hydrogens (tertiary/aromatic N) is 2. The molecule has 4 amide bonds. The molecule has 0 aliphatic carbocycles. The molecule has 0 radical (unpaired) electrons. The number of amides is 4. The molecule has 1 fully saturated rings. The molecule has 3 N–H and O–H groups in total. The fourth-order valence-electron chi connectivity index (χ4n) is 3.57. The van der Waals surface area contributed by atoms with Gasteiger partial charge in [-0.1, -0.05) is 12.1 Å². The molecule has 1 saturated heterocycles. The second-order valence-electron chi connectivity index (χ2n) is 8.26. The Labute approximate surface area is 164 Å².